The van der Waals surface area contributed by atoms with Crippen LogP contribution in [0.1, 0.15) is 0 Å². The zero-order valence-electron chi connectivity index (χ0n) is 5.09. The van der Waals surface area contributed by atoms with E-state index in [0.29, 0.717) is 11.0 Å². The minimum Gasteiger partial charge on any atom is -0.507 e. The van der Waals surface area contributed by atoms with E-state index in [1.165, 1.54) is 7.11 Å². The molecule has 0 amide bonds. The minimum atomic E-state index is -0.0753. The Balaban J connectivity index is 3.98. The third-order valence-corrected chi connectivity index (χ3v) is 1.19. The number of oxime groups is 1. The first-order chi connectivity index (χ1) is 4.22. The lowest BCUT2D eigenvalue weighted by molar-refractivity contribution is 0.212. The molecule has 0 atom stereocenters. The Labute approximate surface area is 62.1 Å². The molecule has 4 heteroatoms. The van der Waals surface area contributed by atoms with Crippen LogP contribution in [0, 0.1) is 0 Å². The molecule has 0 radical (unpaired) electrons. The highest BCUT2D eigenvalue weighted by atomic mass is 79.9. The SMILES string of the molecule is C=C(O)/C(CBr)=N\OC. The molecule has 0 aromatic heterocycles. The average Bonchev–Trinajstić information content (AvgIpc) is 1.82. The second-order valence-corrected chi connectivity index (χ2v) is 1.86. The lowest BCUT2D eigenvalue weighted by Crippen LogP contribution is -2.02. The van der Waals surface area contributed by atoms with Gasteiger partial charge in [-0.25, -0.2) is 0 Å². The number of aliphatic hydroxyl groups is 1. The molecule has 0 unspecified atom stereocenters. The third-order valence-electron chi connectivity index (χ3n) is 0.661. The first-order valence-electron chi connectivity index (χ1n) is 2.26. The van der Waals surface area contributed by atoms with Crippen molar-refractivity contribution in [3.63, 3.8) is 0 Å². The number of hydrogen-bond donors (Lipinski definition) is 1. The average molecular weight is 194 g/mol. The van der Waals surface area contributed by atoms with Crippen molar-refractivity contribution in [2.75, 3.05) is 12.4 Å². The summed E-state index contributed by atoms with van der Waals surface area (Å²) in [6, 6.07) is 0. The maximum absolute atomic E-state index is 8.71. The monoisotopic (exact) mass is 193 g/mol. The van der Waals surface area contributed by atoms with Crippen LogP contribution in [0.4, 0.5) is 0 Å². The number of nitrogens with zero attached hydrogens (tertiary/aromatic N) is 1. The highest BCUT2D eigenvalue weighted by Crippen LogP contribution is 1.94. The standard InChI is InChI=1S/C5H8BrNO2/c1-4(8)5(3-6)7-9-2/h8H,1,3H2,2H3/b7-5-. The fraction of sp³-hybridized carbons (Fsp3) is 0.400. The molecule has 0 saturated carbocycles. The van der Waals surface area contributed by atoms with Gasteiger partial charge in [-0.05, 0) is 0 Å². The Hall–Kier alpha value is -0.510. The third kappa shape index (κ3) is 3.13. The predicted molar refractivity (Wildman–Crippen MR) is 40.0 cm³/mol. The molecule has 1 N–H and O–H groups in total. The number of aliphatic hydroxyl groups excluding tert-OH is 1. The topological polar surface area (TPSA) is 41.8 Å². The number of allylic oxidation sites excluding steroid dienone is 1. The second kappa shape index (κ2) is 4.38. The quantitative estimate of drug-likeness (QED) is 0.319. The van der Waals surface area contributed by atoms with Gasteiger partial charge in [0.15, 0.2) is 0 Å². The molecule has 0 aliphatic rings. The summed E-state index contributed by atoms with van der Waals surface area (Å²) in [7, 11) is 1.41. The second-order valence-electron chi connectivity index (χ2n) is 1.30. The van der Waals surface area contributed by atoms with E-state index < -0.39 is 0 Å². The van der Waals surface area contributed by atoms with E-state index in [4.69, 9.17) is 5.11 Å². The van der Waals surface area contributed by atoms with Crippen LogP contribution >= 0.6 is 15.9 Å². The molecule has 9 heavy (non-hydrogen) atoms. The number of alkyl halides is 1. The van der Waals surface area contributed by atoms with E-state index in [0.717, 1.165) is 0 Å². The van der Waals surface area contributed by atoms with E-state index in [1.54, 1.807) is 0 Å². The van der Waals surface area contributed by atoms with E-state index in [2.05, 4.69) is 32.5 Å². The van der Waals surface area contributed by atoms with Crippen molar-refractivity contribution >= 4 is 21.6 Å². The molecule has 0 aromatic carbocycles. The maximum Gasteiger partial charge on any atom is 0.134 e. The molecule has 0 heterocycles. The van der Waals surface area contributed by atoms with Gasteiger partial charge >= 0.3 is 0 Å². The number of rotatable bonds is 3. The lowest BCUT2D eigenvalue weighted by Gasteiger charge is -1.96. The Morgan fingerprint density at radius 3 is 2.56 bits per heavy atom. The minimum absolute atomic E-state index is 0.0753. The fourth-order valence-corrected chi connectivity index (χ4v) is 0.690. The van der Waals surface area contributed by atoms with Gasteiger partial charge in [0.2, 0.25) is 0 Å². The molecule has 0 aromatic rings. The Bertz CT molecular complexity index is 133. The van der Waals surface area contributed by atoms with E-state index in [-0.39, 0.29) is 5.76 Å². The molecule has 0 saturated heterocycles. The number of halogens is 1. The molecule has 52 valence electrons. The number of hydrogen-bond acceptors (Lipinski definition) is 3. The van der Waals surface area contributed by atoms with Crippen molar-refractivity contribution in [2.45, 2.75) is 0 Å². The summed E-state index contributed by atoms with van der Waals surface area (Å²) in [5, 5.41) is 12.6. The summed E-state index contributed by atoms with van der Waals surface area (Å²) in [6.07, 6.45) is 0. The van der Waals surface area contributed by atoms with Gasteiger partial charge in [-0.15, -0.1) is 0 Å². The van der Waals surface area contributed by atoms with Gasteiger partial charge in [-0.2, -0.15) is 0 Å². The zero-order valence-corrected chi connectivity index (χ0v) is 6.68. The first kappa shape index (κ1) is 8.49. The Morgan fingerprint density at radius 2 is 2.44 bits per heavy atom. The maximum atomic E-state index is 8.71. The van der Waals surface area contributed by atoms with Gasteiger partial charge < -0.3 is 9.94 Å². The molecule has 0 aliphatic heterocycles. The van der Waals surface area contributed by atoms with Crippen LogP contribution in [-0.2, 0) is 4.84 Å². The Kier molecular flexibility index (Phi) is 4.13. The summed E-state index contributed by atoms with van der Waals surface area (Å²) in [5.74, 6) is -0.0753. The molecular formula is C5H8BrNO2. The van der Waals surface area contributed by atoms with Crippen molar-refractivity contribution in [3.8, 4) is 0 Å². The molecule has 0 bridgehead atoms. The summed E-state index contributed by atoms with van der Waals surface area (Å²) >= 11 is 3.09. The largest absolute Gasteiger partial charge is 0.507 e. The van der Waals surface area contributed by atoms with Crippen molar-refractivity contribution < 1.29 is 9.94 Å². The molecule has 0 fully saturated rings. The highest BCUT2D eigenvalue weighted by molar-refractivity contribution is 9.09. The Morgan fingerprint density at radius 1 is 1.89 bits per heavy atom. The van der Waals surface area contributed by atoms with Gasteiger partial charge in [0, 0.05) is 0 Å². The molecule has 0 spiro atoms. The van der Waals surface area contributed by atoms with E-state index in [9.17, 15) is 0 Å². The predicted octanol–water partition coefficient (Wildman–Crippen LogP) is 1.46. The van der Waals surface area contributed by atoms with Crippen molar-refractivity contribution in [1.82, 2.24) is 0 Å². The van der Waals surface area contributed by atoms with Crippen LogP contribution < -0.4 is 0 Å². The fourth-order valence-electron chi connectivity index (χ4n) is 0.264. The van der Waals surface area contributed by atoms with Crippen LogP contribution in [0.25, 0.3) is 0 Å². The molecule has 0 aliphatic carbocycles. The van der Waals surface area contributed by atoms with E-state index in [1.807, 2.05) is 0 Å². The summed E-state index contributed by atoms with van der Waals surface area (Å²) in [5.41, 5.74) is 0.400. The van der Waals surface area contributed by atoms with Crippen LogP contribution in [0.2, 0.25) is 0 Å². The van der Waals surface area contributed by atoms with Crippen molar-refractivity contribution in [2.24, 2.45) is 5.16 Å². The van der Waals surface area contributed by atoms with Gasteiger partial charge in [0.05, 0.1) is 5.33 Å². The smallest absolute Gasteiger partial charge is 0.134 e. The molecule has 3 nitrogen and oxygen atoms in total. The van der Waals surface area contributed by atoms with E-state index >= 15 is 0 Å². The van der Waals surface area contributed by atoms with Gasteiger partial charge in [0.25, 0.3) is 0 Å². The zero-order chi connectivity index (χ0) is 7.28. The van der Waals surface area contributed by atoms with Crippen molar-refractivity contribution in [1.29, 1.82) is 0 Å². The van der Waals surface area contributed by atoms with Crippen LogP contribution in [0.3, 0.4) is 0 Å². The summed E-state index contributed by atoms with van der Waals surface area (Å²) in [6.45, 7) is 3.26. The van der Waals surface area contributed by atoms with Crippen LogP contribution in [0.5, 0.6) is 0 Å². The lowest BCUT2D eigenvalue weighted by atomic mass is 10.4. The van der Waals surface area contributed by atoms with Gasteiger partial charge in [-0.3, -0.25) is 0 Å². The first-order valence-corrected chi connectivity index (χ1v) is 3.38. The summed E-state index contributed by atoms with van der Waals surface area (Å²) < 4.78 is 0. The highest BCUT2D eigenvalue weighted by Gasteiger charge is 1.99. The normalized spacial score (nSPS) is 11.1. The van der Waals surface area contributed by atoms with Crippen LogP contribution in [-0.4, -0.2) is 23.3 Å². The molecule has 0 rings (SSSR count). The molecular weight excluding hydrogens is 186 g/mol. The van der Waals surface area contributed by atoms with Gasteiger partial charge in [-0.1, -0.05) is 27.7 Å². The van der Waals surface area contributed by atoms with Gasteiger partial charge in [0.1, 0.15) is 18.6 Å². The van der Waals surface area contributed by atoms with Crippen LogP contribution in [0.15, 0.2) is 17.5 Å². The van der Waals surface area contributed by atoms with Crippen molar-refractivity contribution in [3.05, 3.63) is 12.3 Å². The summed E-state index contributed by atoms with van der Waals surface area (Å²) in [4.78, 5) is 4.39.